The van der Waals surface area contributed by atoms with E-state index in [9.17, 15) is 19.2 Å². The Hall–Kier alpha value is -3.67. The van der Waals surface area contributed by atoms with Crippen molar-refractivity contribution in [3.8, 4) is 22.9 Å². The van der Waals surface area contributed by atoms with Gasteiger partial charge >= 0.3 is 6.09 Å². The van der Waals surface area contributed by atoms with Crippen LogP contribution in [0.2, 0.25) is 0 Å². The number of benzene rings is 1. The molecule has 0 unspecified atom stereocenters. The van der Waals surface area contributed by atoms with Crippen LogP contribution in [0.4, 0.5) is 15.0 Å². The van der Waals surface area contributed by atoms with Crippen molar-refractivity contribution < 1.29 is 23.8 Å². The van der Waals surface area contributed by atoms with Crippen molar-refractivity contribution in [2.45, 2.75) is 39.0 Å². The lowest BCUT2D eigenvalue weighted by Gasteiger charge is -2.33. The fourth-order valence-corrected chi connectivity index (χ4v) is 4.06. The number of likely N-dealkylation sites (tertiary alicyclic amines) is 1. The smallest absolute Gasteiger partial charge is 0.407 e. The molecular weight excluding hydrogens is 427 g/mol. The number of alkyl halides is 1. The second-order valence-electron chi connectivity index (χ2n) is 9.18. The summed E-state index contributed by atoms with van der Waals surface area (Å²) in [6.07, 6.45) is -0.835. The SMILES string of the molecule is CC1(C)C[C@@H]1C(=O)Nc1cc(-c2ccc(O[C@H]3CCN(C(=O)O)C[C@H]3F)c(C#N)c2)ccn1. The van der Waals surface area contributed by atoms with Crippen LogP contribution in [0.1, 0.15) is 32.3 Å². The van der Waals surface area contributed by atoms with E-state index in [4.69, 9.17) is 9.84 Å². The summed E-state index contributed by atoms with van der Waals surface area (Å²) in [4.78, 5) is 28.6. The average molecular weight is 452 g/mol. The maximum atomic E-state index is 14.4. The van der Waals surface area contributed by atoms with Crippen molar-refractivity contribution in [1.82, 2.24) is 9.88 Å². The van der Waals surface area contributed by atoms with Gasteiger partial charge in [-0.3, -0.25) is 4.79 Å². The van der Waals surface area contributed by atoms with Crippen LogP contribution in [-0.4, -0.2) is 52.4 Å². The van der Waals surface area contributed by atoms with Gasteiger partial charge in [0, 0.05) is 25.1 Å². The molecule has 33 heavy (non-hydrogen) atoms. The van der Waals surface area contributed by atoms with Gasteiger partial charge in [-0.05, 0) is 47.2 Å². The molecule has 4 rings (SSSR count). The highest BCUT2D eigenvalue weighted by atomic mass is 19.1. The third kappa shape index (κ3) is 4.90. The fraction of sp³-hybridized carbons (Fsp3) is 0.417. The molecular formula is C24H25FN4O4. The summed E-state index contributed by atoms with van der Waals surface area (Å²) in [7, 11) is 0. The van der Waals surface area contributed by atoms with Gasteiger partial charge in [0.1, 0.15) is 23.7 Å². The minimum Gasteiger partial charge on any atom is -0.486 e. The number of pyridine rings is 1. The molecule has 2 N–H and O–H groups in total. The molecule has 1 aliphatic carbocycles. The number of halogens is 1. The van der Waals surface area contributed by atoms with Crippen molar-refractivity contribution in [3.05, 3.63) is 42.1 Å². The molecule has 1 aromatic heterocycles. The molecule has 1 saturated heterocycles. The van der Waals surface area contributed by atoms with E-state index in [0.29, 0.717) is 5.82 Å². The summed E-state index contributed by atoms with van der Waals surface area (Å²) in [5, 5.41) is 21.5. The average Bonchev–Trinajstić information content (AvgIpc) is 3.43. The quantitative estimate of drug-likeness (QED) is 0.706. The number of carboxylic acid groups (broad SMARTS) is 1. The second kappa shape index (κ2) is 8.70. The molecule has 1 saturated carbocycles. The molecule has 3 atom stereocenters. The summed E-state index contributed by atoms with van der Waals surface area (Å²) < 4.78 is 20.2. The lowest BCUT2D eigenvalue weighted by atomic mass is 10.0. The number of rotatable bonds is 5. The van der Waals surface area contributed by atoms with Gasteiger partial charge in [0.05, 0.1) is 12.1 Å². The van der Waals surface area contributed by atoms with Crippen LogP contribution < -0.4 is 10.1 Å². The summed E-state index contributed by atoms with van der Waals surface area (Å²) >= 11 is 0. The van der Waals surface area contributed by atoms with E-state index in [0.717, 1.165) is 22.4 Å². The van der Waals surface area contributed by atoms with E-state index in [1.54, 1.807) is 36.5 Å². The first-order valence-electron chi connectivity index (χ1n) is 10.8. The van der Waals surface area contributed by atoms with Crippen molar-refractivity contribution >= 4 is 17.8 Å². The number of ether oxygens (including phenoxy) is 1. The zero-order valence-corrected chi connectivity index (χ0v) is 18.4. The number of nitriles is 1. The first kappa shape index (κ1) is 22.5. The van der Waals surface area contributed by atoms with Crippen molar-refractivity contribution in [1.29, 1.82) is 5.26 Å². The zero-order valence-electron chi connectivity index (χ0n) is 18.4. The first-order chi connectivity index (χ1) is 15.7. The van der Waals surface area contributed by atoms with E-state index < -0.39 is 18.4 Å². The number of nitrogens with one attached hydrogen (secondary N) is 1. The molecule has 1 aliphatic heterocycles. The zero-order chi connectivity index (χ0) is 23.8. The van der Waals surface area contributed by atoms with E-state index >= 15 is 0 Å². The molecule has 0 bridgehead atoms. The van der Waals surface area contributed by atoms with Gasteiger partial charge in [0.15, 0.2) is 6.17 Å². The molecule has 172 valence electrons. The van der Waals surface area contributed by atoms with Gasteiger partial charge < -0.3 is 20.1 Å². The molecule has 2 aromatic rings. The Morgan fingerprint density at radius 3 is 2.67 bits per heavy atom. The Morgan fingerprint density at radius 1 is 1.30 bits per heavy atom. The summed E-state index contributed by atoms with van der Waals surface area (Å²) in [6.45, 7) is 4.01. The van der Waals surface area contributed by atoms with E-state index in [2.05, 4.69) is 30.2 Å². The van der Waals surface area contributed by atoms with Gasteiger partial charge in [0.25, 0.3) is 0 Å². The van der Waals surface area contributed by atoms with Crippen molar-refractivity contribution in [3.63, 3.8) is 0 Å². The molecule has 1 aromatic carbocycles. The minimum absolute atomic E-state index is 0.0160. The Balaban J connectivity index is 1.48. The molecule has 9 heteroatoms. The Morgan fingerprint density at radius 2 is 2.03 bits per heavy atom. The molecule has 8 nitrogen and oxygen atoms in total. The normalized spacial score (nSPS) is 23.3. The highest BCUT2D eigenvalue weighted by Crippen LogP contribution is 2.52. The van der Waals surface area contributed by atoms with Crippen LogP contribution in [0.3, 0.4) is 0 Å². The lowest BCUT2D eigenvalue weighted by Crippen LogP contribution is -2.48. The van der Waals surface area contributed by atoms with E-state index in [-0.39, 0.29) is 48.1 Å². The summed E-state index contributed by atoms with van der Waals surface area (Å²) in [6, 6.07) is 10.6. The maximum Gasteiger partial charge on any atom is 0.407 e. The number of carbonyl (C=O) groups excluding carboxylic acids is 1. The topological polar surface area (TPSA) is 116 Å². The molecule has 0 radical (unpaired) electrons. The monoisotopic (exact) mass is 452 g/mol. The first-order valence-corrected chi connectivity index (χ1v) is 10.8. The Kier molecular flexibility index (Phi) is 5.93. The van der Waals surface area contributed by atoms with Crippen LogP contribution >= 0.6 is 0 Å². The Bertz CT molecular complexity index is 1130. The molecule has 2 fully saturated rings. The number of nitrogens with zero attached hydrogens (tertiary/aromatic N) is 3. The number of hydrogen-bond donors (Lipinski definition) is 2. The highest BCUT2D eigenvalue weighted by molar-refractivity contribution is 5.94. The van der Waals surface area contributed by atoms with Crippen LogP contribution in [-0.2, 0) is 4.79 Å². The summed E-state index contributed by atoms with van der Waals surface area (Å²) in [5.74, 6) is 0.604. The van der Waals surface area contributed by atoms with Crippen molar-refractivity contribution in [2.75, 3.05) is 18.4 Å². The van der Waals surface area contributed by atoms with Crippen LogP contribution in [0.15, 0.2) is 36.5 Å². The maximum absolute atomic E-state index is 14.4. The minimum atomic E-state index is -1.48. The predicted molar refractivity (Wildman–Crippen MR) is 118 cm³/mol. The summed E-state index contributed by atoms with van der Waals surface area (Å²) in [5.41, 5.74) is 1.74. The molecule has 2 amide bonds. The number of aromatic nitrogens is 1. The van der Waals surface area contributed by atoms with Gasteiger partial charge in [0.2, 0.25) is 5.91 Å². The fourth-order valence-electron chi connectivity index (χ4n) is 4.06. The number of anilines is 1. The van der Waals surface area contributed by atoms with Crippen molar-refractivity contribution in [2.24, 2.45) is 11.3 Å². The number of piperidine rings is 1. The Labute approximate surface area is 191 Å². The van der Waals surface area contributed by atoms with Crippen LogP contribution in [0.25, 0.3) is 11.1 Å². The third-order valence-electron chi connectivity index (χ3n) is 6.31. The third-order valence-corrected chi connectivity index (χ3v) is 6.31. The lowest BCUT2D eigenvalue weighted by molar-refractivity contribution is -0.118. The molecule has 0 spiro atoms. The second-order valence-corrected chi connectivity index (χ2v) is 9.18. The predicted octanol–water partition coefficient (Wildman–Crippen LogP) is 4.07. The van der Waals surface area contributed by atoms with Crippen LogP contribution in [0, 0.1) is 22.7 Å². The number of amides is 2. The van der Waals surface area contributed by atoms with Gasteiger partial charge in [-0.2, -0.15) is 5.26 Å². The van der Waals surface area contributed by atoms with Crippen LogP contribution in [0.5, 0.6) is 5.75 Å². The number of carbonyl (C=O) groups is 2. The van der Waals surface area contributed by atoms with Gasteiger partial charge in [-0.15, -0.1) is 0 Å². The van der Waals surface area contributed by atoms with E-state index in [1.807, 2.05) is 0 Å². The highest BCUT2D eigenvalue weighted by Gasteiger charge is 2.50. The standard InChI is InChI=1S/C24H25FN4O4/c1-24(2)11-17(24)22(30)28-21-10-15(5-7-27-21)14-3-4-19(16(9-14)12-26)33-20-6-8-29(23(31)32)13-18(20)25/h3-5,7,9-10,17-18,20H,6,8,11,13H2,1-2H3,(H,31,32)(H,27,28,30)/t17-,18-,20+/m1/s1. The molecule has 2 aliphatic rings. The van der Waals surface area contributed by atoms with E-state index in [1.165, 1.54) is 0 Å². The van der Waals surface area contributed by atoms with Gasteiger partial charge in [-0.1, -0.05) is 19.9 Å². The largest absolute Gasteiger partial charge is 0.486 e. The number of hydrogen-bond acceptors (Lipinski definition) is 5. The van der Waals surface area contributed by atoms with Gasteiger partial charge in [-0.25, -0.2) is 14.2 Å². The molecule has 2 heterocycles.